The van der Waals surface area contributed by atoms with Crippen LogP contribution in [0.25, 0.3) is 0 Å². The van der Waals surface area contributed by atoms with Gasteiger partial charge in [-0.2, -0.15) is 13.2 Å². The van der Waals surface area contributed by atoms with Gasteiger partial charge in [0.2, 0.25) is 0 Å². The minimum atomic E-state index is -4.05. The van der Waals surface area contributed by atoms with Crippen molar-refractivity contribution in [2.75, 3.05) is 6.61 Å². The normalized spacial score (nSPS) is 28.1. The van der Waals surface area contributed by atoms with E-state index in [4.69, 9.17) is 5.11 Å². The highest BCUT2D eigenvalue weighted by Gasteiger charge is 2.42. The second kappa shape index (κ2) is 6.59. The fourth-order valence-electron chi connectivity index (χ4n) is 2.52. The number of aliphatic hydroxyl groups excluding tert-OH is 1. The SMILES string of the molecule is CC(CCCO)NC1CCCC(C(F)(F)F)C1. The molecule has 0 aromatic rings. The maximum absolute atomic E-state index is 12.6. The van der Waals surface area contributed by atoms with Gasteiger partial charge in [0.15, 0.2) is 0 Å². The maximum atomic E-state index is 12.6. The number of hydrogen-bond donors (Lipinski definition) is 2. The summed E-state index contributed by atoms with van der Waals surface area (Å²) in [6.45, 7) is 2.11. The van der Waals surface area contributed by atoms with Crippen molar-refractivity contribution in [2.24, 2.45) is 5.92 Å². The van der Waals surface area contributed by atoms with E-state index in [1.165, 1.54) is 0 Å². The third-order valence-electron chi connectivity index (χ3n) is 3.45. The van der Waals surface area contributed by atoms with Crippen molar-refractivity contribution in [3.8, 4) is 0 Å². The quantitative estimate of drug-likeness (QED) is 0.789. The van der Waals surface area contributed by atoms with Crippen molar-refractivity contribution in [3.63, 3.8) is 0 Å². The topological polar surface area (TPSA) is 32.3 Å². The van der Waals surface area contributed by atoms with Gasteiger partial charge in [0.05, 0.1) is 5.92 Å². The third-order valence-corrected chi connectivity index (χ3v) is 3.45. The number of halogens is 3. The summed E-state index contributed by atoms with van der Waals surface area (Å²) < 4.78 is 37.8. The van der Waals surface area contributed by atoms with E-state index in [-0.39, 0.29) is 31.5 Å². The first-order chi connectivity index (χ1) is 7.93. The van der Waals surface area contributed by atoms with Gasteiger partial charge in [0, 0.05) is 18.7 Å². The molecule has 5 heteroatoms. The minimum Gasteiger partial charge on any atom is -0.396 e. The van der Waals surface area contributed by atoms with E-state index < -0.39 is 12.1 Å². The number of aliphatic hydroxyl groups is 1. The Hall–Kier alpha value is -0.290. The average molecular weight is 253 g/mol. The molecule has 0 aromatic carbocycles. The van der Waals surface area contributed by atoms with Crippen LogP contribution in [-0.4, -0.2) is 30.0 Å². The third kappa shape index (κ3) is 5.25. The molecule has 0 heterocycles. The minimum absolute atomic E-state index is 0.0240. The highest BCUT2D eigenvalue weighted by molar-refractivity contribution is 4.83. The molecule has 1 saturated carbocycles. The highest BCUT2D eigenvalue weighted by atomic mass is 19.4. The Morgan fingerprint density at radius 3 is 2.65 bits per heavy atom. The van der Waals surface area contributed by atoms with Gasteiger partial charge in [-0.05, 0) is 39.0 Å². The first-order valence-corrected chi connectivity index (χ1v) is 6.37. The molecular formula is C12H22F3NO. The van der Waals surface area contributed by atoms with Gasteiger partial charge in [-0.15, -0.1) is 0 Å². The van der Waals surface area contributed by atoms with Gasteiger partial charge in [0.25, 0.3) is 0 Å². The van der Waals surface area contributed by atoms with Crippen LogP contribution < -0.4 is 5.32 Å². The summed E-state index contributed by atoms with van der Waals surface area (Å²) >= 11 is 0. The Bertz CT molecular complexity index is 220. The van der Waals surface area contributed by atoms with E-state index in [1.807, 2.05) is 6.92 Å². The second-order valence-corrected chi connectivity index (χ2v) is 5.04. The summed E-state index contributed by atoms with van der Waals surface area (Å²) in [6.07, 6.45) is -0.591. The van der Waals surface area contributed by atoms with E-state index in [0.29, 0.717) is 12.8 Å². The Kier molecular flexibility index (Phi) is 5.73. The zero-order valence-corrected chi connectivity index (χ0v) is 10.3. The first kappa shape index (κ1) is 14.8. The number of alkyl halides is 3. The fraction of sp³-hybridized carbons (Fsp3) is 1.00. The lowest BCUT2D eigenvalue weighted by molar-refractivity contribution is -0.183. The molecule has 2 N–H and O–H groups in total. The smallest absolute Gasteiger partial charge is 0.391 e. The van der Waals surface area contributed by atoms with Gasteiger partial charge in [-0.25, -0.2) is 0 Å². The van der Waals surface area contributed by atoms with E-state index >= 15 is 0 Å². The molecule has 0 aliphatic heterocycles. The molecule has 2 nitrogen and oxygen atoms in total. The monoisotopic (exact) mass is 253 g/mol. The van der Waals surface area contributed by atoms with Crippen molar-refractivity contribution < 1.29 is 18.3 Å². The lowest BCUT2D eigenvalue weighted by Crippen LogP contribution is -2.42. The van der Waals surface area contributed by atoms with Crippen LogP contribution in [0.15, 0.2) is 0 Å². The Labute approximate surface area is 101 Å². The standard InChI is InChI=1S/C12H22F3NO/c1-9(4-3-7-17)16-11-6-2-5-10(8-11)12(13,14)15/h9-11,16-17H,2-8H2,1H3. The van der Waals surface area contributed by atoms with Gasteiger partial charge < -0.3 is 10.4 Å². The van der Waals surface area contributed by atoms with Crippen molar-refractivity contribution in [1.82, 2.24) is 5.32 Å². The van der Waals surface area contributed by atoms with E-state index in [0.717, 1.165) is 12.8 Å². The lowest BCUT2D eigenvalue weighted by Gasteiger charge is -2.33. The van der Waals surface area contributed by atoms with Crippen LogP contribution in [0.2, 0.25) is 0 Å². The zero-order valence-electron chi connectivity index (χ0n) is 10.3. The van der Waals surface area contributed by atoms with E-state index in [9.17, 15) is 13.2 Å². The molecule has 0 spiro atoms. The van der Waals surface area contributed by atoms with Crippen LogP contribution >= 0.6 is 0 Å². The number of nitrogens with one attached hydrogen (secondary N) is 1. The highest BCUT2D eigenvalue weighted by Crippen LogP contribution is 2.37. The van der Waals surface area contributed by atoms with Crippen molar-refractivity contribution >= 4 is 0 Å². The van der Waals surface area contributed by atoms with E-state index in [2.05, 4.69) is 5.32 Å². The Balaban J connectivity index is 2.34. The van der Waals surface area contributed by atoms with Crippen LogP contribution in [0, 0.1) is 5.92 Å². The van der Waals surface area contributed by atoms with Gasteiger partial charge in [0.1, 0.15) is 0 Å². The average Bonchev–Trinajstić information content (AvgIpc) is 2.25. The van der Waals surface area contributed by atoms with Crippen molar-refractivity contribution in [2.45, 2.75) is 63.7 Å². The molecule has 17 heavy (non-hydrogen) atoms. The summed E-state index contributed by atoms with van der Waals surface area (Å²) in [5.41, 5.74) is 0. The van der Waals surface area contributed by atoms with Gasteiger partial charge >= 0.3 is 6.18 Å². The first-order valence-electron chi connectivity index (χ1n) is 6.37. The van der Waals surface area contributed by atoms with Crippen LogP contribution in [0.1, 0.15) is 45.4 Å². The Morgan fingerprint density at radius 1 is 1.35 bits per heavy atom. The fourth-order valence-corrected chi connectivity index (χ4v) is 2.52. The van der Waals surface area contributed by atoms with Gasteiger partial charge in [-0.1, -0.05) is 6.42 Å². The van der Waals surface area contributed by atoms with Gasteiger partial charge in [-0.3, -0.25) is 0 Å². The molecule has 102 valence electrons. The van der Waals surface area contributed by atoms with Crippen molar-refractivity contribution in [3.05, 3.63) is 0 Å². The molecule has 1 aliphatic carbocycles. The predicted octanol–water partition coefficient (Wildman–Crippen LogP) is 2.86. The summed E-state index contributed by atoms with van der Waals surface area (Å²) in [6, 6.07) is 0.156. The largest absolute Gasteiger partial charge is 0.396 e. The van der Waals surface area contributed by atoms with Crippen molar-refractivity contribution in [1.29, 1.82) is 0 Å². The molecular weight excluding hydrogens is 231 g/mol. The van der Waals surface area contributed by atoms with Crippen LogP contribution in [-0.2, 0) is 0 Å². The molecule has 3 atom stereocenters. The molecule has 0 saturated heterocycles. The lowest BCUT2D eigenvalue weighted by atomic mass is 9.85. The number of rotatable bonds is 5. The zero-order chi connectivity index (χ0) is 12.9. The number of hydrogen-bond acceptors (Lipinski definition) is 2. The molecule has 3 unspecified atom stereocenters. The summed E-state index contributed by atoms with van der Waals surface area (Å²) in [5, 5.41) is 11.9. The molecule has 1 fully saturated rings. The van der Waals surface area contributed by atoms with E-state index in [1.54, 1.807) is 0 Å². The molecule has 1 aliphatic rings. The molecule has 0 radical (unpaired) electrons. The molecule has 0 bridgehead atoms. The molecule has 0 aromatic heterocycles. The van der Waals surface area contributed by atoms with Crippen LogP contribution in [0.4, 0.5) is 13.2 Å². The summed E-state index contributed by atoms with van der Waals surface area (Å²) in [5.74, 6) is -1.14. The van der Waals surface area contributed by atoms with Crippen LogP contribution in [0.3, 0.4) is 0 Å². The second-order valence-electron chi connectivity index (χ2n) is 5.04. The maximum Gasteiger partial charge on any atom is 0.391 e. The molecule has 0 amide bonds. The predicted molar refractivity (Wildman–Crippen MR) is 60.7 cm³/mol. The van der Waals surface area contributed by atoms with Crippen LogP contribution in [0.5, 0.6) is 0 Å². The summed E-state index contributed by atoms with van der Waals surface area (Å²) in [4.78, 5) is 0. The Morgan fingerprint density at radius 2 is 2.06 bits per heavy atom. The molecule has 1 rings (SSSR count). The summed E-state index contributed by atoms with van der Waals surface area (Å²) in [7, 11) is 0.